The van der Waals surface area contributed by atoms with E-state index in [9.17, 15) is 9.59 Å². The van der Waals surface area contributed by atoms with E-state index in [1.54, 1.807) is 4.90 Å². The second-order valence-electron chi connectivity index (χ2n) is 7.60. The molecule has 1 amide bonds. The summed E-state index contributed by atoms with van der Waals surface area (Å²) in [6, 6.07) is 5.83. The van der Waals surface area contributed by atoms with Gasteiger partial charge in [0.25, 0.3) is 0 Å². The first-order valence-corrected chi connectivity index (χ1v) is 10.3. The van der Waals surface area contributed by atoms with Gasteiger partial charge in [0.05, 0.1) is 18.8 Å². The Morgan fingerprint density at radius 3 is 2.79 bits per heavy atom. The van der Waals surface area contributed by atoms with Crippen molar-refractivity contribution in [3.63, 3.8) is 0 Å². The quantitative estimate of drug-likeness (QED) is 0.561. The standard InChI is InChI=1S/C19H26N4O4S/c1-19(2,3)27-18(25)21-8-7-14-11-16(6-5-15(14)12-21)22-13-20-23(17(22)24)9-10-26-28-4/h5-6,11,13H,7-10,12H2,1-4H3. The molecular weight excluding hydrogens is 380 g/mol. The predicted octanol–water partition coefficient (Wildman–Crippen LogP) is 2.62. The molecule has 1 aliphatic rings. The summed E-state index contributed by atoms with van der Waals surface area (Å²) in [7, 11) is 0. The highest BCUT2D eigenvalue weighted by Crippen LogP contribution is 2.23. The topological polar surface area (TPSA) is 78.6 Å². The van der Waals surface area contributed by atoms with Gasteiger partial charge < -0.3 is 13.8 Å². The summed E-state index contributed by atoms with van der Waals surface area (Å²) in [5, 5.41) is 4.15. The van der Waals surface area contributed by atoms with E-state index in [2.05, 4.69) is 5.10 Å². The van der Waals surface area contributed by atoms with Gasteiger partial charge in [0.2, 0.25) is 0 Å². The van der Waals surface area contributed by atoms with Crippen molar-refractivity contribution >= 4 is 18.1 Å². The van der Waals surface area contributed by atoms with Gasteiger partial charge in [-0.3, -0.25) is 0 Å². The Morgan fingerprint density at radius 2 is 2.07 bits per heavy atom. The zero-order valence-electron chi connectivity index (χ0n) is 16.7. The van der Waals surface area contributed by atoms with Crippen molar-refractivity contribution < 1.29 is 13.7 Å². The van der Waals surface area contributed by atoms with Gasteiger partial charge >= 0.3 is 11.8 Å². The molecule has 152 valence electrons. The van der Waals surface area contributed by atoms with Crippen LogP contribution in [0.3, 0.4) is 0 Å². The Hall–Kier alpha value is -2.26. The van der Waals surface area contributed by atoms with Gasteiger partial charge in [-0.2, -0.15) is 5.10 Å². The first-order chi connectivity index (χ1) is 13.3. The molecular formula is C19H26N4O4S. The van der Waals surface area contributed by atoms with Gasteiger partial charge in [0.1, 0.15) is 11.9 Å². The molecule has 9 heteroatoms. The van der Waals surface area contributed by atoms with Crippen molar-refractivity contribution in [2.24, 2.45) is 0 Å². The molecule has 0 saturated carbocycles. The number of hydrogen-bond donors (Lipinski definition) is 0. The monoisotopic (exact) mass is 406 g/mol. The Balaban J connectivity index is 1.74. The normalized spacial score (nSPS) is 14.1. The lowest BCUT2D eigenvalue weighted by Crippen LogP contribution is -2.39. The van der Waals surface area contributed by atoms with Crippen LogP contribution in [0.25, 0.3) is 5.69 Å². The van der Waals surface area contributed by atoms with Crippen LogP contribution >= 0.6 is 12.0 Å². The summed E-state index contributed by atoms with van der Waals surface area (Å²) < 4.78 is 13.6. The molecule has 0 saturated heterocycles. The Morgan fingerprint density at radius 1 is 1.29 bits per heavy atom. The van der Waals surface area contributed by atoms with E-state index in [-0.39, 0.29) is 11.8 Å². The van der Waals surface area contributed by atoms with Crippen molar-refractivity contribution in [3.05, 3.63) is 46.1 Å². The van der Waals surface area contributed by atoms with Crippen molar-refractivity contribution in [1.29, 1.82) is 0 Å². The average molecular weight is 407 g/mol. The number of amides is 1. The summed E-state index contributed by atoms with van der Waals surface area (Å²) in [6.07, 6.45) is 3.77. The van der Waals surface area contributed by atoms with Crippen LogP contribution in [0.1, 0.15) is 31.9 Å². The molecule has 28 heavy (non-hydrogen) atoms. The maximum atomic E-state index is 12.5. The number of nitrogens with zero attached hydrogens (tertiary/aromatic N) is 4. The number of fused-ring (bicyclic) bond motifs is 1. The zero-order valence-corrected chi connectivity index (χ0v) is 17.5. The van der Waals surface area contributed by atoms with Gasteiger partial charge in [0.15, 0.2) is 0 Å². The largest absolute Gasteiger partial charge is 0.444 e. The van der Waals surface area contributed by atoms with E-state index in [1.807, 2.05) is 45.2 Å². The number of carbonyl (C=O) groups is 1. The van der Waals surface area contributed by atoms with Crippen LogP contribution < -0.4 is 5.69 Å². The third kappa shape index (κ3) is 4.77. The van der Waals surface area contributed by atoms with Crippen molar-refractivity contribution in [2.45, 2.75) is 45.9 Å². The number of ether oxygens (including phenoxy) is 1. The van der Waals surface area contributed by atoms with Crippen molar-refractivity contribution in [1.82, 2.24) is 19.2 Å². The van der Waals surface area contributed by atoms with Gasteiger partial charge in [-0.15, -0.1) is 0 Å². The summed E-state index contributed by atoms with van der Waals surface area (Å²) in [5.41, 5.74) is 2.25. The third-order valence-corrected chi connectivity index (χ3v) is 4.77. The molecule has 2 heterocycles. The van der Waals surface area contributed by atoms with E-state index in [4.69, 9.17) is 8.92 Å². The minimum atomic E-state index is -0.511. The Bertz CT molecular complexity index is 900. The second kappa shape index (κ2) is 8.40. The fourth-order valence-electron chi connectivity index (χ4n) is 3.05. The molecule has 0 aliphatic carbocycles. The molecule has 0 N–H and O–H groups in total. The van der Waals surface area contributed by atoms with Gasteiger partial charge in [-0.05, 0) is 62.5 Å². The molecule has 8 nitrogen and oxygen atoms in total. The highest BCUT2D eigenvalue weighted by molar-refractivity contribution is 7.93. The van der Waals surface area contributed by atoms with Gasteiger partial charge in [-0.1, -0.05) is 6.07 Å². The van der Waals surface area contributed by atoms with Crippen molar-refractivity contribution in [2.75, 3.05) is 19.4 Å². The number of hydrogen-bond acceptors (Lipinski definition) is 6. The minimum absolute atomic E-state index is 0.198. The van der Waals surface area contributed by atoms with Crippen LogP contribution in [-0.4, -0.2) is 50.3 Å². The van der Waals surface area contributed by atoms with Crippen LogP contribution in [-0.2, 0) is 28.4 Å². The summed E-state index contributed by atoms with van der Waals surface area (Å²) >= 11 is 1.26. The number of rotatable bonds is 5. The number of aromatic nitrogens is 3. The third-order valence-electron chi connectivity index (χ3n) is 4.37. The maximum Gasteiger partial charge on any atom is 0.410 e. The molecule has 0 radical (unpaired) electrons. The Labute approximate surface area is 168 Å². The van der Waals surface area contributed by atoms with Crippen molar-refractivity contribution in [3.8, 4) is 5.69 Å². The minimum Gasteiger partial charge on any atom is -0.444 e. The highest BCUT2D eigenvalue weighted by Gasteiger charge is 2.26. The molecule has 1 aliphatic heterocycles. The fourth-order valence-corrected chi connectivity index (χ4v) is 3.29. The summed E-state index contributed by atoms with van der Waals surface area (Å²) in [6.45, 7) is 7.50. The molecule has 3 rings (SSSR count). The molecule has 1 aromatic carbocycles. The van der Waals surface area contributed by atoms with E-state index in [0.717, 1.165) is 16.8 Å². The number of carbonyl (C=O) groups excluding carboxylic acids is 1. The average Bonchev–Trinajstić information content (AvgIpc) is 3.00. The van der Waals surface area contributed by atoms with Crippen LogP contribution in [0.2, 0.25) is 0 Å². The molecule has 0 fully saturated rings. The molecule has 0 atom stereocenters. The summed E-state index contributed by atoms with van der Waals surface area (Å²) in [5.74, 6) is 0. The van der Waals surface area contributed by atoms with Crippen LogP contribution in [0, 0.1) is 0 Å². The number of benzene rings is 1. The van der Waals surface area contributed by atoms with E-state index < -0.39 is 5.60 Å². The molecule has 0 unspecified atom stereocenters. The van der Waals surface area contributed by atoms with Crippen LogP contribution in [0.15, 0.2) is 29.3 Å². The van der Waals surface area contributed by atoms with Gasteiger partial charge in [0, 0.05) is 19.3 Å². The first kappa shape index (κ1) is 20.5. The van der Waals surface area contributed by atoms with E-state index in [0.29, 0.717) is 32.7 Å². The second-order valence-corrected chi connectivity index (χ2v) is 8.17. The van der Waals surface area contributed by atoms with Crippen LogP contribution in [0.4, 0.5) is 4.79 Å². The molecule has 0 bridgehead atoms. The zero-order chi connectivity index (χ0) is 20.3. The molecule has 0 spiro atoms. The lowest BCUT2D eigenvalue weighted by atomic mass is 9.99. The van der Waals surface area contributed by atoms with E-state index >= 15 is 0 Å². The lowest BCUT2D eigenvalue weighted by molar-refractivity contribution is 0.0224. The summed E-state index contributed by atoms with van der Waals surface area (Å²) in [4.78, 5) is 26.6. The highest BCUT2D eigenvalue weighted by atomic mass is 32.2. The van der Waals surface area contributed by atoms with Gasteiger partial charge in [-0.25, -0.2) is 18.8 Å². The van der Waals surface area contributed by atoms with Crippen LogP contribution in [0.5, 0.6) is 0 Å². The maximum absolute atomic E-state index is 12.5. The van der Waals surface area contributed by atoms with E-state index in [1.165, 1.54) is 27.6 Å². The Kier molecular flexibility index (Phi) is 6.14. The first-order valence-electron chi connectivity index (χ1n) is 9.18. The predicted molar refractivity (Wildman–Crippen MR) is 108 cm³/mol. The molecule has 1 aromatic heterocycles. The SMILES string of the molecule is CSOCCn1ncn(-c2ccc3c(c2)CCN(C(=O)OC(C)(C)C)C3)c1=O. The molecule has 2 aromatic rings. The fraction of sp³-hybridized carbons (Fsp3) is 0.526. The lowest BCUT2D eigenvalue weighted by Gasteiger charge is -2.31. The smallest absolute Gasteiger partial charge is 0.410 e.